The van der Waals surface area contributed by atoms with E-state index in [-0.39, 0.29) is 0 Å². The molecular formula is C15H23NO4. The van der Waals surface area contributed by atoms with E-state index in [1.807, 2.05) is 0 Å². The van der Waals surface area contributed by atoms with Crippen LogP contribution in [0.1, 0.15) is 46.5 Å². The third-order valence-electron chi connectivity index (χ3n) is 3.58. The van der Waals surface area contributed by atoms with E-state index < -0.39 is 23.8 Å². The molecule has 0 spiro atoms. The van der Waals surface area contributed by atoms with Crippen molar-refractivity contribution in [1.29, 1.82) is 0 Å². The summed E-state index contributed by atoms with van der Waals surface area (Å²) < 4.78 is 5.25. The highest BCUT2D eigenvalue weighted by Gasteiger charge is 2.33. The van der Waals surface area contributed by atoms with Crippen molar-refractivity contribution in [1.82, 2.24) is 4.90 Å². The van der Waals surface area contributed by atoms with E-state index >= 15 is 0 Å². The summed E-state index contributed by atoms with van der Waals surface area (Å²) in [6.07, 6.45) is 6.54. The molecule has 5 heteroatoms. The first kappa shape index (κ1) is 16.4. The van der Waals surface area contributed by atoms with Crippen LogP contribution in [-0.2, 0) is 19.1 Å². The Morgan fingerprint density at radius 3 is 2.35 bits per heavy atom. The molecule has 0 aromatic heterocycles. The van der Waals surface area contributed by atoms with Gasteiger partial charge in [-0.25, -0.2) is 4.79 Å². The van der Waals surface area contributed by atoms with Gasteiger partial charge in [-0.1, -0.05) is 33.1 Å². The predicted octanol–water partition coefficient (Wildman–Crippen LogP) is 2.06. The van der Waals surface area contributed by atoms with Crippen LogP contribution in [0.4, 0.5) is 0 Å². The Balaban J connectivity index is 2.45. The lowest BCUT2D eigenvalue weighted by Gasteiger charge is -2.22. The van der Waals surface area contributed by atoms with Gasteiger partial charge in [-0.3, -0.25) is 14.5 Å². The number of carbonyl (C=O) groups is 3. The molecule has 112 valence electrons. The van der Waals surface area contributed by atoms with Crippen LogP contribution < -0.4 is 0 Å². The van der Waals surface area contributed by atoms with E-state index in [1.54, 1.807) is 0 Å². The maximum atomic E-state index is 11.9. The van der Waals surface area contributed by atoms with Gasteiger partial charge < -0.3 is 4.74 Å². The van der Waals surface area contributed by atoms with Crippen LogP contribution in [0.2, 0.25) is 0 Å². The minimum atomic E-state index is -0.867. The Bertz CT molecular complexity index is 385. The largest absolute Gasteiger partial charge is 0.464 e. The van der Waals surface area contributed by atoms with Gasteiger partial charge >= 0.3 is 5.97 Å². The number of ether oxygens (including phenoxy) is 1. The Morgan fingerprint density at radius 1 is 1.25 bits per heavy atom. The first-order valence-electron chi connectivity index (χ1n) is 7.23. The van der Waals surface area contributed by atoms with E-state index in [2.05, 4.69) is 13.8 Å². The average molecular weight is 281 g/mol. The summed E-state index contributed by atoms with van der Waals surface area (Å²) in [4.78, 5) is 35.8. The second-order valence-corrected chi connectivity index (χ2v) is 5.10. The molecule has 2 unspecified atom stereocenters. The maximum Gasteiger partial charge on any atom is 0.329 e. The fourth-order valence-corrected chi connectivity index (χ4v) is 2.12. The zero-order chi connectivity index (χ0) is 15.1. The highest BCUT2D eigenvalue weighted by Crippen LogP contribution is 2.15. The zero-order valence-corrected chi connectivity index (χ0v) is 12.4. The van der Waals surface area contributed by atoms with E-state index in [0.717, 1.165) is 30.6 Å². The number of rotatable bonds is 8. The summed E-state index contributed by atoms with van der Waals surface area (Å²) >= 11 is 0. The molecule has 0 fully saturated rings. The van der Waals surface area contributed by atoms with Gasteiger partial charge in [-0.05, 0) is 19.3 Å². The molecule has 0 aromatic carbocycles. The van der Waals surface area contributed by atoms with Crippen molar-refractivity contribution in [2.24, 2.45) is 5.92 Å². The minimum absolute atomic E-state index is 0.342. The number of hydrogen-bond donors (Lipinski definition) is 0. The second kappa shape index (κ2) is 7.82. The van der Waals surface area contributed by atoms with Crippen LogP contribution in [0.15, 0.2) is 12.2 Å². The maximum absolute atomic E-state index is 11.9. The molecule has 1 heterocycles. The topological polar surface area (TPSA) is 63.7 Å². The SMILES string of the molecule is CCCCC(CC)COC(=O)C(C)N1C(=O)C=CC1=O. The van der Waals surface area contributed by atoms with Crippen molar-refractivity contribution < 1.29 is 19.1 Å². The second-order valence-electron chi connectivity index (χ2n) is 5.10. The number of nitrogens with zero attached hydrogens (tertiary/aromatic N) is 1. The van der Waals surface area contributed by atoms with Gasteiger partial charge in [0, 0.05) is 12.2 Å². The van der Waals surface area contributed by atoms with Crippen molar-refractivity contribution in [3.8, 4) is 0 Å². The minimum Gasteiger partial charge on any atom is -0.464 e. The standard InChI is InChI=1S/C15H23NO4/c1-4-6-7-12(5-2)10-20-15(19)11(3)16-13(17)8-9-14(16)18/h8-9,11-12H,4-7,10H2,1-3H3. The van der Waals surface area contributed by atoms with Crippen LogP contribution in [-0.4, -0.2) is 35.3 Å². The van der Waals surface area contributed by atoms with E-state index in [0.29, 0.717) is 12.5 Å². The molecule has 0 bridgehead atoms. The number of carbonyl (C=O) groups excluding carboxylic acids is 3. The normalized spacial score (nSPS) is 17.4. The van der Waals surface area contributed by atoms with Crippen molar-refractivity contribution in [3.05, 3.63) is 12.2 Å². The molecular weight excluding hydrogens is 258 g/mol. The molecule has 0 aliphatic carbocycles. The van der Waals surface area contributed by atoms with Gasteiger partial charge in [0.2, 0.25) is 0 Å². The Hall–Kier alpha value is -1.65. The zero-order valence-electron chi connectivity index (χ0n) is 12.4. The van der Waals surface area contributed by atoms with Gasteiger partial charge in [0.1, 0.15) is 6.04 Å². The molecule has 1 aliphatic heterocycles. The lowest BCUT2D eigenvalue weighted by atomic mass is 10.0. The van der Waals surface area contributed by atoms with Crippen LogP contribution in [0, 0.1) is 5.92 Å². The number of esters is 1. The first-order chi connectivity index (χ1) is 9.51. The monoisotopic (exact) mass is 281 g/mol. The van der Waals surface area contributed by atoms with E-state index in [9.17, 15) is 14.4 Å². The Morgan fingerprint density at radius 2 is 1.85 bits per heavy atom. The molecule has 0 N–H and O–H groups in total. The average Bonchev–Trinajstić information content (AvgIpc) is 2.77. The summed E-state index contributed by atoms with van der Waals surface area (Å²) in [5, 5.41) is 0. The molecule has 0 saturated heterocycles. The summed E-state index contributed by atoms with van der Waals surface area (Å²) in [7, 11) is 0. The molecule has 1 aliphatic rings. The highest BCUT2D eigenvalue weighted by atomic mass is 16.5. The van der Waals surface area contributed by atoms with Gasteiger partial charge in [0.25, 0.3) is 11.8 Å². The molecule has 1 rings (SSSR count). The summed E-state index contributed by atoms with van der Waals surface area (Å²) in [5.74, 6) is -1.10. The molecule has 0 aromatic rings. The van der Waals surface area contributed by atoms with Crippen LogP contribution in [0.3, 0.4) is 0 Å². The van der Waals surface area contributed by atoms with Crippen LogP contribution in [0.5, 0.6) is 0 Å². The predicted molar refractivity (Wildman–Crippen MR) is 74.7 cm³/mol. The fourth-order valence-electron chi connectivity index (χ4n) is 2.12. The lowest BCUT2D eigenvalue weighted by Crippen LogP contribution is -2.44. The quantitative estimate of drug-likeness (QED) is 0.504. The van der Waals surface area contributed by atoms with Gasteiger partial charge in [0.15, 0.2) is 0 Å². The van der Waals surface area contributed by atoms with Gasteiger partial charge in [-0.2, -0.15) is 0 Å². The Labute approximate surface area is 120 Å². The van der Waals surface area contributed by atoms with Crippen molar-refractivity contribution in [2.75, 3.05) is 6.61 Å². The van der Waals surface area contributed by atoms with Gasteiger partial charge in [-0.15, -0.1) is 0 Å². The lowest BCUT2D eigenvalue weighted by molar-refractivity contribution is -0.157. The molecule has 20 heavy (non-hydrogen) atoms. The van der Waals surface area contributed by atoms with Gasteiger partial charge in [0.05, 0.1) is 6.61 Å². The van der Waals surface area contributed by atoms with Crippen molar-refractivity contribution >= 4 is 17.8 Å². The number of imide groups is 1. The third kappa shape index (κ3) is 4.18. The van der Waals surface area contributed by atoms with Crippen molar-refractivity contribution in [2.45, 2.75) is 52.5 Å². The van der Waals surface area contributed by atoms with Crippen molar-refractivity contribution in [3.63, 3.8) is 0 Å². The molecule has 0 saturated carbocycles. The third-order valence-corrected chi connectivity index (χ3v) is 3.58. The van der Waals surface area contributed by atoms with Crippen LogP contribution >= 0.6 is 0 Å². The Kier molecular flexibility index (Phi) is 6.42. The number of amides is 2. The number of hydrogen-bond acceptors (Lipinski definition) is 4. The van der Waals surface area contributed by atoms with Crippen LogP contribution in [0.25, 0.3) is 0 Å². The van der Waals surface area contributed by atoms with E-state index in [1.165, 1.54) is 19.1 Å². The smallest absolute Gasteiger partial charge is 0.329 e. The number of unbranched alkanes of at least 4 members (excludes halogenated alkanes) is 1. The molecule has 2 atom stereocenters. The summed E-state index contributed by atoms with van der Waals surface area (Å²) in [6.45, 7) is 6.05. The molecule has 2 amide bonds. The summed E-state index contributed by atoms with van der Waals surface area (Å²) in [6, 6.07) is -0.867. The highest BCUT2D eigenvalue weighted by molar-refractivity contribution is 6.14. The first-order valence-corrected chi connectivity index (χ1v) is 7.23. The fraction of sp³-hybridized carbons (Fsp3) is 0.667. The summed E-state index contributed by atoms with van der Waals surface area (Å²) in [5.41, 5.74) is 0. The van der Waals surface area contributed by atoms with E-state index in [4.69, 9.17) is 4.74 Å². The molecule has 5 nitrogen and oxygen atoms in total. The molecule has 0 radical (unpaired) electrons.